The van der Waals surface area contributed by atoms with Gasteiger partial charge in [-0.05, 0) is 39.5 Å². The molecule has 5 nitrogen and oxygen atoms in total. The third-order valence-electron chi connectivity index (χ3n) is 3.01. The molecule has 19 heavy (non-hydrogen) atoms. The van der Waals surface area contributed by atoms with Crippen molar-refractivity contribution < 1.29 is 19.7 Å². The normalized spacial score (nSPS) is 15.8. The maximum Gasteiger partial charge on any atom is 0.326 e. The third-order valence-corrected chi connectivity index (χ3v) is 4.21. The van der Waals surface area contributed by atoms with Crippen LogP contribution in [0.1, 0.15) is 33.1 Å². The molecule has 0 aliphatic rings. The summed E-state index contributed by atoms with van der Waals surface area (Å²) < 4.78 is 5.05. The van der Waals surface area contributed by atoms with E-state index in [0.717, 1.165) is 25.0 Å². The Balaban J connectivity index is 3.80. The first kappa shape index (κ1) is 18.7. The lowest BCUT2D eigenvalue weighted by molar-refractivity contribution is -0.150. The standard InChI is InChI=1S/C13H27NO4S/c1-4-18-12(17)13(2,14-3)7-5-6-8-19-10-11(16)9-15/h11,14-16H,4-10H2,1-3H3. The number of carbonyl (C=O) groups excluding carboxylic acids is 1. The number of aliphatic hydroxyl groups is 2. The molecule has 0 amide bonds. The molecule has 0 radical (unpaired) electrons. The highest BCUT2D eigenvalue weighted by Crippen LogP contribution is 2.17. The number of hydrogen-bond acceptors (Lipinski definition) is 6. The van der Waals surface area contributed by atoms with Gasteiger partial charge in [0.1, 0.15) is 5.54 Å². The van der Waals surface area contributed by atoms with E-state index < -0.39 is 11.6 Å². The Morgan fingerprint density at radius 1 is 1.47 bits per heavy atom. The summed E-state index contributed by atoms with van der Waals surface area (Å²) in [7, 11) is 1.77. The van der Waals surface area contributed by atoms with E-state index in [2.05, 4.69) is 5.32 Å². The van der Waals surface area contributed by atoms with Gasteiger partial charge in [0.15, 0.2) is 0 Å². The molecular formula is C13H27NO4S. The lowest BCUT2D eigenvalue weighted by atomic mass is 9.95. The quantitative estimate of drug-likeness (QED) is 0.386. The van der Waals surface area contributed by atoms with Crippen molar-refractivity contribution in [3.63, 3.8) is 0 Å². The molecule has 0 aromatic rings. The van der Waals surface area contributed by atoms with Crippen molar-refractivity contribution in [3.05, 3.63) is 0 Å². The van der Waals surface area contributed by atoms with E-state index in [1.54, 1.807) is 25.7 Å². The van der Waals surface area contributed by atoms with Crippen LogP contribution in [0.5, 0.6) is 0 Å². The number of thioether (sulfide) groups is 1. The molecule has 0 saturated carbocycles. The average molecular weight is 293 g/mol. The minimum atomic E-state index is -0.632. The Hall–Kier alpha value is -0.300. The van der Waals surface area contributed by atoms with Crippen LogP contribution in [0.3, 0.4) is 0 Å². The number of hydrogen-bond donors (Lipinski definition) is 3. The number of likely N-dealkylation sites (N-methyl/N-ethyl adjacent to an activating group) is 1. The zero-order valence-electron chi connectivity index (χ0n) is 12.1. The van der Waals surface area contributed by atoms with Crippen molar-refractivity contribution in [2.45, 2.75) is 44.8 Å². The van der Waals surface area contributed by atoms with E-state index in [1.165, 1.54) is 0 Å². The Labute approximate surface area is 120 Å². The number of carbonyl (C=O) groups is 1. The largest absolute Gasteiger partial charge is 0.465 e. The van der Waals surface area contributed by atoms with Crippen LogP contribution in [0, 0.1) is 0 Å². The molecule has 0 aromatic carbocycles. The molecule has 0 aliphatic carbocycles. The highest BCUT2D eigenvalue weighted by molar-refractivity contribution is 7.99. The van der Waals surface area contributed by atoms with E-state index >= 15 is 0 Å². The van der Waals surface area contributed by atoms with Gasteiger partial charge in [0, 0.05) is 5.75 Å². The molecule has 0 aliphatic heterocycles. The predicted octanol–water partition coefficient (Wildman–Crippen LogP) is 0.784. The fraction of sp³-hybridized carbons (Fsp3) is 0.923. The van der Waals surface area contributed by atoms with Gasteiger partial charge in [-0.1, -0.05) is 6.42 Å². The highest BCUT2D eigenvalue weighted by Gasteiger charge is 2.32. The lowest BCUT2D eigenvalue weighted by Crippen LogP contribution is -2.48. The summed E-state index contributed by atoms with van der Waals surface area (Å²) in [4.78, 5) is 11.8. The van der Waals surface area contributed by atoms with E-state index in [4.69, 9.17) is 9.84 Å². The van der Waals surface area contributed by atoms with E-state index in [9.17, 15) is 9.90 Å². The lowest BCUT2D eigenvalue weighted by Gasteiger charge is -2.26. The number of aliphatic hydroxyl groups excluding tert-OH is 2. The molecule has 2 unspecified atom stereocenters. The van der Waals surface area contributed by atoms with Gasteiger partial charge in [-0.15, -0.1) is 0 Å². The topological polar surface area (TPSA) is 78.8 Å². The maximum absolute atomic E-state index is 11.8. The summed E-state index contributed by atoms with van der Waals surface area (Å²) in [5.41, 5.74) is -0.620. The smallest absolute Gasteiger partial charge is 0.326 e. The first-order chi connectivity index (χ1) is 9.00. The van der Waals surface area contributed by atoms with Crippen LogP contribution in [0.4, 0.5) is 0 Å². The molecule has 2 atom stereocenters. The van der Waals surface area contributed by atoms with Crippen LogP contribution < -0.4 is 5.32 Å². The molecule has 0 rings (SSSR count). The Bertz CT molecular complexity index is 253. The number of unbranched alkanes of at least 4 members (excludes halogenated alkanes) is 1. The first-order valence-corrected chi connectivity index (χ1v) is 7.88. The summed E-state index contributed by atoms with van der Waals surface area (Å²) in [6, 6.07) is 0. The van der Waals surface area contributed by atoms with Crippen molar-refractivity contribution in [2.75, 3.05) is 31.8 Å². The van der Waals surface area contributed by atoms with E-state index in [-0.39, 0.29) is 12.6 Å². The van der Waals surface area contributed by atoms with E-state index in [0.29, 0.717) is 12.4 Å². The number of rotatable bonds is 11. The second-order valence-electron chi connectivity index (χ2n) is 4.67. The van der Waals surface area contributed by atoms with Gasteiger partial charge in [-0.2, -0.15) is 11.8 Å². The number of esters is 1. The van der Waals surface area contributed by atoms with Gasteiger partial charge in [-0.25, -0.2) is 0 Å². The van der Waals surface area contributed by atoms with Crippen molar-refractivity contribution in [1.82, 2.24) is 5.32 Å². The number of ether oxygens (including phenoxy) is 1. The average Bonchev–Trinajstić information content (AvgIpc) is 2.42. The highest BCUT2D eigenvalue weighted by atomic mass is 32.2. The molecule has 0 aromatic heterocycles. The van der Waals surface area contributed by atoms with Crippen LogP contribution in [0.2, 0.25) is 0 Å². The molecule has 6 heteroatoms. The minimum Gasteiger partial charge on any atom is -0.465 e. The monoisotopic (exact) mass is 293 g/mol. The molecule has 0 heterocycles. The van der Waals surface area contributed by atoms with Crippen LogP contribution in [-0.4, -0.2) is 59.6 Å². The van der Waals surface area contributed by atoms with Gasteiger partial charge >= 0.3 is 5.97 Å². The summed E-state index contributed by atoms with van der Waals surface area (Å²) >= 11 is 1.62. The fourth-order valence-electron chi connectivity index (χ4n) is 1.57. The van der Waals surface area contributed by atoms with Crippen molar-refractivity contribution in [2.24, 2.45) is 0 Å². The Kier molecular flexibility index (Phi) is 10.3. The molecule has 0 bridgehead atoms. The van der Waals surface area contributed by atoms with Gasteiger partial charge in [0.2, 0.25) is 0 Å². The fourth-order valence-corrected chi connectivity index (χ4v) is 2.53. The molecule has 114 valence electrons. The Morgan fingerprint density at radius 2 is 2.16 bits per heavy atom. The summed E-state index contributed by atoms with van der Waals surface area (Å²) in [5, 5.41) is 20.9. The molecule has 0 spiro atoms. The van der Waals surface area contributed by atoms with Gasteiger partial charge in [0.05, 0.1) is 19.3 Å². The Morgan fingerprint density at radius 3 is 2.68 bits per heavy atom. The first-order valence-electron chi connectivity index (χ1n) is 6.73. The summed E-state index contributed by atoms with van der Waals surface area (Å²) in [6.45, 7) is 3.86. The predicted molar refractivity (Wildman–Crippen MR) is 78.4 cm³/mol. The second kappa shape index (κ2) is 10.5. The molecule has 3 N–H and O–H groups in total. The van der Waals surface area contributed by atoms with Crippen molar-refractivity contribution >= 4 is 17.7 Å². The molecule has 0 fully saturated rings. The minimum absolute atomic E-state index is 0.187. The van der Waals surface area contributed by atoms with Crippen LogP contribution in [0.15, 0.2) is 0 Å². The van der Waals surface area contributed by atoms with Crippen LogP contribution in [0.25, 0.3) is 0 Å². The maximum atomic E-state index is 11.8. The second-order valence-corrected chi connectivity index (χ2v) is 5.82. The van der Waals surface area contributed by atoms with Gasteiger partial charge < -0.3 is 20.3 Å². The van der Waals surface area contributed by atoms with Crippen molar-refractivity contribution in [1.29, 1.82) is 0 Å². The van der Waals surface area contributed by atoms with Crippen molar-refractivity contribution in [3.8, 4) is 0 Å². The van der Waals surface area contributed by atoms with Gasteiger partial charge in [-0.3, -0.25) is 4.79 Å². The summed E-state index contributed by atoms with van der Waals surface area (Å²) in [5.74, 6) is 1.26. The van der Waals surface area contributed by atoms with E-state index in [1.807, 2.05) is 6.92 Å². The van der Waals surface area contributed by atoms with Crippen LogP contribution >= 0.6 is 11.8 Å². The van der Waals surface area contributed by atoms with Gasteiger partial charge in [0.25, 0.3) is 0 Å². The third kappa shape index (κ3) is 7.77. The molecular weight excluding hydrogens is 266 g/mol. The summed E-state index contributed by atoms with van der Waals surface area (Å²) in [6.07, 6.45) is 1.98. The zero-order chi connectivity index (χ0) is 14.7. The number of nitrogens with one attached hydrogen (secondary N) is 1. The molecule has 0 saturated heterocycles. The van der Waals surface area contributed by atoms with Crippen LogP contribution in [-0.2, 0) is 9.53 Å². The SMILES string of the molecule is CCOC(=O)C(C)(CCCCSCC(O)CO)NC. The zero-order valence-corrected chi connectivity index (χ0v) is 13.0.